The zero-order valence-electron chi connectivity index (χ0n) is 9.44. The zero-order chi connectivity index (χ0) is 12.5. The Labute approximate surface area is 107 Å². The van der Waals surface area contributed by atoms with Crippen LogP contribution in [0, 0.1) is 6.92 Å². The monoisotopic (exact) mass is 264 g/mol. The molecule has 0 saturated carbocycles. The molecule has 3 aromatic rings. The molecule has 0 unspecified atom stereocenters. The van der Waals surface area contributed by atoms with Gasteiger partial charge in [0.05, 0.1) is 23.8 Å². The molecular weight excluding hydrogens is 256 g/mol. The summed E-state index contributed by atoms with van der Waals surface area (Å²) in [7, 11) is 0. The smallest absolute Gasteiger partial charge is 0.226 e. The van der Waals surface area contributed by atoms with Crippen LogP contribution in [0.25, 0.3) is 11.0 Å². The van der Waals surface area contributed by atoms with Gasteiger partial charge in [0.15, 0.2) is 11.4 Å². The van der Waals surface area contributed by atoms with Gasteiger partial charge in [-0.15, -0.1) is 0 Å². The third-order valence-corrected chi connectivity index (χ3v) is 2.56. The summed E-state index contributed by atoms with van der Waals surface area (Å²) in [5, 5.41) is 14.5. The van der Waals surface area contributed by atoms with Crippen LogP contribution in [-0.2, 0) is 6.54 Å². The second-order valence-corrected chi connectivity index (χ2v) is 4.10. The number of hydrogen-bond acceptors (Lipinski definition) is 6. The number of aryl methyl sites for hydroxylation is 1. The molecule has 0 saturated heterocycles. The molecule has 0 radical (unpaired) electrons. The van der Waals surface area contributed by atoms with Crippen LogP contribution in [0.15, 0.2) is 16.8 Å². The Kier molecular flexibility index (Phi) is 2.60. The molecule has 2 N–H and O–H groups in total. The van der Waals surface area contributed by atoms with Gasteiger partial charge in [0.25, 0.3) is 0 Å². The Bertz CT molecular complexity index is 691. The van der Waals surface area contributed by atoms with E-state index >= 15 is 0 Å². The van der Waals surface area contributed by atoms with Crippen molar-refractivity contribution in [2.45, 2.75) is 13.5 Å². The highest BCUT2D eigenvalue weighted by Gasteiger charge is 2.09. The maximum atomic E-state index is 5.82. The van der Waals surface area contributed by atoms with Crippen LogP contribution in [0.1, 0.15) is 11.5 Å². The van der Waals surface area contributed by atoms with Crippen molar-refractivity contribution in [1.29, 1.82) is 0 Å². The number of anilines is 1. The average molecular weight is 265 g/mol. The van der Waals surface area contributed by atoms with Crippen LogP contribution in [0.5, 0.6) is 0 Å². The summed E-state index contributed by atoms with van der Waals surface area (Å²) in [6, 6.07) is 1.85. The molecule has 3 heterocycles. The van der Waals surface area contributed by atoms with Crippen LogP contribution in [0.3, 0.4) is 0 Å². The van der Waals surface area contributed by atoms with Gasteiger partial charge in [-0.05, 0) is 18.5 Å². The number of nitrogens with zero attached hydrogens (tertiary/aromatic N) is 4. The largest absolute Gasteiger partial charge is 0.362 e. The lowest BCUT2D eigenvalue weighted by Crippen LogP contribution is -2.02. The van der Waals surface area contributed by atoms with E-state index in [4.69, 9.17) is 16.1 Å². The van der Waals surface area contributed by atoms with E-state index in [-0.39, 0.29) is 5.28 Å². The second-order valence-electron chi connectivity index (χ2n) is 3.76. The van der Waals surface area contributed by atoms with E-state index in [2.05, 4.69) is 30.6 Å². The van der Waals surface area contributed by atoms with E-state index in [0.717, 1.165) is 16.8 Å². The molecule has 0 aliphatic heterocycles. The third kappa shape index (κ3) is 2.00. The topological polar surface area (TPSA) is 92.5 Å². The van der Waals surface area contributed by atoms with Gasteiger partial charge in [0.2, 0.25) is 5.28 Å². The summed E-state index contributed by atoms with van der Waals surface area (Å²) in [6.07, 6.45) is 1.64. The number of halogens is 1. The van der Waals surface area contributed by atoms with E-state index in [1.54, 1.807) is 6.20 Å². The Morgan fingerprint density at radius 1 is 1.44 bits per heavy atom. The molecule has 0 aliphatic rings. The molecule has 3 aromatic heterocycles. The van der Waals surface area contributed by atoms with E-state index < -0.39 is 0 Å². The van der Waals surface area contributed by atoms with Crippen molar-refractivity contribution in [2.75, 3.05) is 5.32 Å². The minimum Gasteiger partial charge on any atom is -0.362 e. The van der Waals surface area contributed by atoms with Gasteiger partial charge < -0.3 is 9.84 Å². The fourth-order valence-corrected chi connectivity index (χ4v) is 1.78. The molecule has 0 aliphatic carbocycles. The molecule has 92 valence electrons. The van der Waals surface area contributed by atoms with Crippen molar-refractivity contribution < 1.29 is 4.52 Å². The first-order chi connectivity index (χ1) is 8.72. The maximum Gasteiger partial charge on any atom is 0.226 e. The van der Waals surface area contributed by atoms with Gasteiger partial charge in [-0.2, -0.15) is 15.1 Å². The fraction of sp³-hybridized carbons (Fsp3) is 0.200. The van der Waals surface area contributed by atoms with Gasteiger partial charge >= 0.3 is 0 Å². The molecule has 0 aromatic carbocycles. The second kappa shape index (κ2) is 4.26. The lowest BCUT2D eigenvalue weighted by Gasteiger charge is -2.03. The average Bonchev–Trinajstić information content (AvgIpc) is 2.94. The molecule has 8 heteroatoms. The minimum atomic E-state index is 0.156. The van der Waals surface area contributed by atoms with Crippen molar-refractivity contribution in [2.24, 2.45) is 0 Å². The summed E-state index contributed by atoms with van der Waals surface area (Å²) >= 11 is 5.82. The minimum absolute atomic E-state index is 0.156. The molecule has 7 nitrogen and oxygen atoms in total. The third-order valence-electron chi connectivity index (χ3n) is 2.39. The molecular formula is C10H9ClN6O. The highest BCUT2D eigenvalue weighted by atomic mass is 35.5. The van der Waals surface area contributed by atoms with Gasteiger partial charge in [-0.1, -0.05) is 5.16 Å². The van der Waals surface area contributed by atoms with Gasteiger partial charge in [-0.3, -0.25) is 5.10 Å². The van der Waals surface area contributed by atoms with E-state index in [1.165, 1.54) is 0 Å². The van der Waals surface area contributed by atoms with Crippen molar-refractivity contribution in [3.63, 3.8) is 0 Å². The van der Waals surface area contributed by atoms with E-state index in [0.29, 0.717) is 18.0 Å². The number of aromatic amines is 1. The number of aromatic nitrogens is 5. The highest BCUT2D eigenvalue weighted by molar-refractivity contribution is 6.28. The number of nitrogens with one attached hydrogen (secondary N) is 2. The van der Waals surface area contributed by atoms with Gasteiger partial charge in [-0.25, -0.2) is 0 Å². The summed E-state index contributed by atoms with van der Waals surface area (Å²) in [4.78, 5) is 8.13. The maximum absolute atomic E-state index is 5.82. The van der Waals surface area contributed by atoms with Gasteiger partial charge in [0, 0.05) is 6.07 Å². The Balaban J connectivity index is 1.87. The van der Waals surface area contributed by atoms with Crippen molar-refractivity contribution in [3.8, 4) is 0 Å². The summed E-state index contributed by atoms with van der Waals surface area (Å²) in [5.74, 6) is 1.33. The summed E-state index contributed by atoms with van der Waals surface area (Å²) < 4.78 is 5.10. The van der Waals surface area contributed by atoms with Gasteiger partial charge in [0.1, 0.15) is 5.82 Å². The van der Waals surface area contributed by atoms with Crippen LogP contribution >= 0.6 is 11.6 Å². The summed E-state index contributed by atoms with van der Waals surface area (Å²) in [5.41, 5.74) is 1.42. The Hall–Kier alpha value is -2.15. The zero-order valence-corrected chi connectivity index (χ0v) is 10.2. The Morgan fingerprint density at radius 2 is 2.33 bits per heavy atom. The van der Waals surface area contributed by atoms with Crippen molar-refractivity contribution >= 4 is 28.5 Å². The summed E-state index contributed by atoms with van der Waals surface area (Å²) in [6.45, 7) is 2.33. The van der Waals surface area contributed by atoms with Crippen LogP contribution < -0.4 is 5.32 Å². The first-order valence-corrected chi connectivity index (χ1v) is 5.63. The van der Waals surface area contributed by atoms with Crippen LogP contribution in [-0.4, -0.2) is 25.3 Å². The van der Waals surface area contributed by atoms with E-state index in [9.17, 15) is 0 Å². The lowest BCUT2D eigenvalue weighted by molar-refractivity contribution is 0.384. The number of hydrogen-bond donors (Lipinski definition) is 2. The Morgan fingerprint density at radius 3 is 3.11 bits per heavy atom. The van der Waals surface area contributed by atoms with Crippen molar-refractivity contribution in [1.82, 2.24) is 25.3 Å². The molecule has 0 spiro atoms. The molecule has 0 fully saturated rings. The number of rotatable bonds is 3. The number of fused-ring (bicyclic) bond motifs is 1. The van der Waals surface area contributed by atoms with Crippen LogP contribution in [0.2, 0.25) is 5.28 Å². The predicted octanol–water partition coefficient (Wildman–Crippen LogP) is 1.91. The number of H-pyrrole nitrogens is 1. The molecule has 0 amide bonds. The van der Waals surface area contributed by atoms with Crippen LogP contribution in [0.4, 0.5) is 5.82 Å². The first kappa shape index (κ1) is 11.0. The van der Waals surface area contributed by atoms with E-state index in [1.807, 2.05) is 13.0 Å². The fourth-order valence-electron chi connectivity index (χ4n) is 1.61. The first-order valence-electron chi connectivity index (χ1n) is 5.25. The normalized spacial score (nSPS) is 11.0. The molecule has 0 atom stereocenters. The molecule has 0 bridgehead atoms. The highest BCUT2D eigenvalue weighted by Crippen LogP contribution is 2.20. The molecule has 3 rings (SSSR count). The molecule has 18 heavy (non-hydrogen) atoms. The lowest BCUT2D eigenvalue weighted by atomic mass is 10.3. The standard InChI is InChI=1S/C10H9ClN6O/c1-5-2-6(18-17-5)3-12-8-7-4-13-16-9(7)15-10(11)14-8/h2,4H,3H2,1H3,(H2,12,13,14,15,16). The SMILES string of the molecule is Cc1cc(CNc2nc(Cl)nc3[nH]ncc23)on1. The predicted molar refractivity (Wildman–Crippen MR) is 65.3 cm³/mol. The quantitative estimate of drug-likeness (QED) is 0.702. The van der Waals surface area contributed by atoms with Crippen molar-refractivity contribution in [3.05, 3.63) is 29.0 Å².